The minimum Gasteiger partial charge on any atom is -0.374 e. The van der Waals surface area contributed by atoms with E-state index < -0.39 is 0 Å². The van der Waals surface area contributed by atoms with Crippen LogP contribution in [0.4, 0.5) is 0 Å². The molecule has 0 spiro atoms. The summed E-state index contributed by atoms with van der Waals surface area (Å²) < 4.78 is 11.5. The van der Waals surface area contributed by atoms with Crippen LogP contribution in [0, 0.1) is 5.92 Å². The molecular formula is C12H23ClO2. The van der Waals surface area contributed by atoms with Crippen LogP contribution >= 0.6 is 11.6 Å². The molecule has 0 aromatic carbocycles. The van der Waals surface area contributed by atoms with E-state index in [1.54, 1.807) is 0 Å². The molecule has 1 saturated carbocycles. The minimum atomic E-state index is 0.103. The molecule has 1 aliphatic carbocycles. The average molecular weight is 235 g/mol. The summed E-state index contributed by atoms with van der Waals surface area (Å²) in [5.74, 6) is 0.678. The van der Waals surface area contributed by atoms with E-state index in [-0.39, 0.29) is 17.6 Å². The zero-order valence-electron chi connectivity index (χ0n) is 10.2. The van der Waals surface area contributed by atoms with Crippen molar-refractivity contribution in [1.29, 1.82) is 0 Å². The van der Waals surface area contributed by atoms with E-state index in [1.165, 1.54) is 0 Å². The van der Waals surface area contributed by atoms with Crippen LogP contribution in [0.15, 0.2) is 0 Å². The first-order valence-electron chi connectivity index (χ1n) is 5.95. The Hall–Kier alpha value is 0.210. The molecule has 15 heavy (non-hydrogen) atoms. The summed E-state index contributed by atoms with van der Waals surface area (Å²) in [6.07, 6.45) is 2.64. The summed E-state index contributed by atoms with van der Waals surface area (Å²) in [4.78, 5) is 0. The molecule has 0 aromatic rings. The molecule has 4 unspecified atom stereocenters. The third kappa shape index (κ3) is 3.93. The zero-order chi connectivity index (χ0) is 11.4. The summed E-state index contributed by atoms with van der Waals surface area (Å²) >= 11 is 6.07. The molecule has 0 aliphatic heterocycles. The van der Waals surface area contributed by atoms with Crippen molar-refractivity contribution in [2.75, 3.05) is 6.61 Å². The van der Waals surface area contributed by atoms with Gasteiger partial charge in [0.25, 0.3) is 0 Å². The normalized spacial score (nSPS) is 32.8. The molecular weight excluding hydrogens is 212 g/mol. The Labute approximate surface area is 98.3 Å². The molecule has 4 atom stereocenters. The smallest absolute Gasteiger partial charge is 0.100 e. The Morgan fingerprint density at radius 2 is 2.00 bits per heavy atom. The van der Waals surface area contributed by atoms with Gasteiger partial charge in [0.15, 0.2) is 0 Å². The second kappa shape index (κ2) is 6.07. The molecule has 1 aliphatic rings. The molecule has 0 aromatic heterocycles. The van der Waals surface area contributed by atoms with Crippen molar-refractivity contribution in [3.8, 4) is 0 Å². The van der Waals surface area contributed by atoms with Crippen LogP contribution < -0.4 is 0 Å². The molecule has 3 heteroatoms. The lowest BCUT2D eigenvalue weighted by Crippen LogP contribution is -2.52. The van der Waals surface area contributed by atoms with Gasteiger partial charge in [-0.2, -0.15) is 0 Å². The fourth-order valence-electron chi connectivity index (χ4n) is 2.08. The van der Waals surface area contributed by atoms with Crippen LogP contribution in [0.25, 0.3) is 0 Å². The highest BCUT2D eigenvalue weighted by Crippen LogP contribution is 2.33. The van der Waals surface area contributed by atoms with Gasteiger partial charge in [-0.1, -0.05) is 13.8 Å². The molecule has 0 radical (unpaired) electrons. The monoisotopic (exact) mass is 234 g/mol. The molecule has 0 bridgehead atoms. The first-order chi connectivity index (χ1) is 7.04. The van der Waals surface area contributed by atoms with Crippen LogP contribution in [0.5, 0.6) is 0 Å². The summed E-state index contributed by atoms with van der Waals surface area (Å²) in [6.45, 7) is 9.27. The highest BCUT2D eigenvalue weighted by atomic mass is 35.5. The van der Waals surface area contributed by atoms with Crippen LogP contribution in [-0.4, -0.2) is 30.3 Å². The van der Waals surface area contributed by atoms with Crippen molar-refractivity contribution < 1.29 is 9.47 Å². The van der Waals surface area contributed by atoms with Gasteiger partial charge in [-0.05, 0) is 32.6 Å². The van der Waals surface area contributed by atoms with E-state index in [9.17, 15) is 0 Å². The van der Waals surface area contributed by atoms with Gasteiger partial charge in [0.2, 0.25) is 0 Å². The van der Waals surface area contributed by atoms with Crippen molar-refractivity contribution in [3.63, 3.8) is 0 Å². The summed E-state index contributed by atoms with van der Waals surface area (Å²) in [6, 6.07) is 0. The summed E-state index contributed by atoms with van der Waals surface area (Å²) in [7, 11) is 0. The second-order valence-electron chi connectivity index (χ2n) is 4.79. The van der Waals surface area contributed by atoms with Gasteiger partial charge < -0.3 is 9.47 Å². The number of hydrogen-bond donors (Lipinski definition) is 0. The third-order valence-corrected chi connectivity index (χ3v) is 3.18. The van der Waals surface area contributed by atoms with Gasteiger partial charge in [0, 0.05) is 6.61 Å². The Bertz CT molecular complexity index is 184. The Morgan fingerprint density at radius 1 is 1.33 bits per heavy atom. The van der Waals surface area contributed by atoms with E-state index in [1.807, 2.05) is 6.92 Å². The molecule has 0 heterocycles. The fraction of sp³-hybridized carbons (Fsp3) is 1.00. The molecule has 0 N–H and O–H groups in total. The van der Waals surface area contributed by atoms with E-state index in [0.29, 0.717) is 18.6 Å². The largest absolute Gasteiger partial charge is 0.374 e. The van der Waals surface area contributed by atoms with Crippen molar-refractivity contribution in [3.05, 3.63) is 0 Å². The maximum absolute atomic E-state index is 6.07. The minimum absolute atomic E-state index is 0.103. The molecule has 90 valence electrons. The Morgan fingerprint density at radius 3 is 2.47 bits per heavy atom. The van der Waals surface area contributed by atoms with Crippen LogP contribution in [-0.2, 0) is 9.47 Å². The van der Waals surface area contributed by atoms with Gasteiger partial charge in [-0.15, -0.1) is 11.6 Å². The first-order valence-corrected chi connectivity index (χ1v) is 6.39. The molecule has 0 saturated heterocycles. The Balaban J connectivity index is 2.26. The standard InChI is InChI=1S/C12H23ClO2/c1-5-14-12-10(13)7-11(12)15-9(4)6-8(2)3/h8-12H,5-7H2,1-4H3. The maximum Gasteiger partial charge on any atom is 0.100 e. The van der Waals surface area contributed by atoms with Crippen molar-refractivity contribution in [2.24, 2.45) is 5.92 Å². The predicted octanol–water partition coefficient (Wildman–Crippen LogP) is 3.22. The average Bonchev–Trinajstić information content (AvgIpc) is 2.12. The van der Waals surface area contributed by atoms with Crippen LogP contribution in [0.3, 0.4) is 0 Å². The number of hydrogen-bond acceptors (Lipinski definition) is 2. The highest BCUT2D eigenvalue weighted by molar-refractivity contribution is 6.21. The molecule has 2 nitrogen and oxygen atoms in total. The zero-order valence-corrected chi connectivity index (χ0v) is 11.0. The lowest BCUT2D eigenvalue weighted by molar-refractivity contribution is -0.145. The van der Waals surface area contributed by atoms with Crippen LogP contribution in [0.2, 0.25) is 0 Å². The van der Waals surface area contributed by atoms with Gasteiger partial charge in [-0.3, -0.25) is 0 Å². The van der Waals surface area contributed by atoms with Crippen molar-refractivity contribution >= 4 is 11.6 Å². The molecule has 1 rings (SSSR count). The maximum atomic E-state index is 6.07. The fourth-order valence-corrected chi connectivity index (χ4v) is 2.49. The highest BCUT2D eigenvalue weighted by Gasteiger charge is 2.42. The van der Waals surface area contributed by atoms with Crippen LogP contribution in [0.1, 0.15) is 40.5 Å². The van der Waals surface area contributed by atoms with Gasteiger partial charge in [0.1, 0.15) is 6.10 Å². The topological polar surface area (TPSA) is 18.5 Å². The quantitative estimate of drug-likeness (QED) is 0.657. The number of ether oxygens (including phenoxy) is 2. The lowest BCUT2D eigenvalue weighted by Gasteiger charge is -2.41. The number of halogens is 1. The van der Waals surface area contributed by atoms with E-state index in [0.717, 1.165) is 12.8 Å². The van der Waals surface area contributed by atoms with E-state index >= 15 is 0 Å². The van der Waals surface area contributed by atoms with E-state index in [4.69, 9.17) is 21.1 Å². The first kappa shape index (κ1) is 13.3. The summed E-state index contributed by atoms with van der Waals surface area (Å²) in [5.41, 5.74) is 0. The van der Waals surface area contributed by atoms with E-state index in [2.05, 4.69) is 20.8 Å². The number of alkyl halides is 1. The number of rotatable bonds is 6. The van der Waals surface area contributed by atoms with Crippen molar-refractivity contribution in [2.45, 2.75) is 64.2 Å². The van der Waals surface area contributed by atoms with Gasteiger partial charge in [-0.25, -0.2) is 0 Å². The van der Waals surface area contributed by atoms with Gasteiger partial charge >= 0.3 is 0 Å². The summed E-state index contributed by atoms with van der Waals surface area (Å²) in [5, 5.41) is 0.140. The third-order valence-electron chi connectivity index (χ3n) is 2.75. The van der Waals surface area contributed by atoms with Gasteiger partial charge in [0.05, 0.1) is 17.6 Å². The SMILES string of the molecule is CCOC1C(Cl)CC1OC(C)CC(C)C. The lowest BCUT2D eigenvalue weighted by atomic mass is 9.90. The Kier molecular flexibility index (Phi) is 5.37. The molecule has 0 amide bonds. The second-order valence-corrected chi connectivity index (χ2v) is 5.35. The molecule has 1 fully saturated rings. The predicted molar refractivity (Wildman–Crippen MR) is 63.5 cm³/mol. The van der Waals surface area contributed by atoms with Crippen molar-refractivity contribution in [1.82, 2.24) is 0 Å².